The molecule has 2 aliphatic heterocycles. The van der Waals surface area contributed by atoms with E-state index in [2.05, 4.69) is 39.6 Å². The topological polar surface area (TPSA) is 82.4 Å². The second-order valence-corrected chi connectivity index (χ2v) is 11.8. The number of likely N-dealkylation sites (N-methyl/N-ethyl adjacent to an activating group) is 1. The predicted molar refractivity (Wildman–Crippen MR) is 169 cm³/mol. The van der Waals surface area contributed by atoms with E-state index in [-0.39, 0.29) is 11.5 Å². The number of carboxylic acids is 1. The van der Waals surface area contributed by atoms with E-state index in [4.69, 9.17) is 14.8 Å². The Hall–Kier alpha value is -3.31. The minimum absolute atomic E-state index is 0.0451. The molecule has 206 valence electrons. The molecule has 0 spiro atoms. The highest BCUT2D eigenvalue weighted by molar-refractivity contribution is 14.1. The van der Waals surface area contributed by atoms with Crippen LogP contribution in [0.2, 0.25) is 0 Å². The highest BCUT2D eigenvalue weighted by atomic mass is 127. The number of benzene rings is 3. The molecule has 2 aliphatic rings. The first-order valence-electron chi connectivity index (χ1n) is 13.3. The summed E-state index contributed by atoms with van der Waals surface area (Å²) in [5, 5.41) is 9.74. The summed E-state index contributed by atoms with van der Waals surface area (Å²) in [4.78, 5) is 33.8. The molecule has 0 aromatic heterocycles. The maximum absolute atomic E-state index is 13.2. The molecule has 2 saturated heterocycles. The number of carbonyl (C=O) groups excluding carboxylic acids is 1. The van der Waals surface area contributed by atoms with Crippen LogP contribution in [0.3, 0.4) is 0 Å². The average Bonchev–Trinajstić information content (AvgIpc) is 3.26. The zero-order chi connectivity index (χ0) is 28.1. The zero-order valence-corrected chi connectivity index (χ0v) is 25.2. The minimum atomic E-state index is -0.951. The molecule has 7 nitrogen and oxygen atoms in total. The number of thioether (sulfide) groups is 1. The highest BCUT2D eigenvalue weighted by Crippen LogP contribution is 2.35. The largest absolute Gasteiger partial charge is 0.488 e. The van der Waals surface area contributed by atoms with E-state index in [1.165, 1.54) is 36.7 Å². The van der Waals surface area contributed by atoms with Gasteiger partial charge in [0.1, 0.15) is 12.4 Å². The van der Waals surface area contributed by atoms with E-state index in [9.17, 15) is 9.59 Å². The van der Waals surface area contributed by atoms with Gasteiger partial charge in [0.2, 0.25) is 0 Å². The van der Waals surface area contributed by atoms with Crippen LogP contribution >= 0.6 is 34.4 Å². The molecule has 3 aromatic carbocycles. The van der Waals surface area contributed by atoms with E-state index in [1.807, 2.05) is 43.3 Å². The number of aromatic carboxylic acids is 1. The number of hydrogen-bond acceptors (Lipinski definition) is 6. The highest BCUT2D eigenvalue weighted by Gasteiger charge is 2.32. The molecule has 2 fully saturated rings. The fraction of sp³-hybridized carbons (Fsp3) is 0.258. The van der Waals surface area contributed by atoms with Gasteiger partial charge in [-0.05, 0) is 126 Å². The van der Waals surface area contributed by atoms with Gasteiger partial charge in [-0.25, -0.2) is 9.79 Å². The minimum Gasteiger partial charge on any atom is -0.488 e. The number of ether oxygens (including phenoxy) is 1. The Morgan fingerprint density at radius 1 is 1.05 bits per heavy atom. The molecule has 0 atom stereocenters. The molecule has 1 N–H and O–H groups in total. The Morgan fingerprint density at radius 2 is 1.77 bits per heavy atom. The van der Waals surface area contributed by atoms with Crippen LogP contribution in [-0.4, -0.2) is 46.7 Å². The van der Waals surface area contributed by atoms with Gasteiger partial charge in [-0.2, -0.15) is 0 Å². The van der Waals surface area contributed by atoms with Crippen molar-refractivity contribution in [2.45, 2.75) is 32.8 Å². The third-order valence-electron chi connectivity index (χ3n) is 6.85. The Bertz CT molecular complexity index is 1450. The van der Waals surface area contributed by atoms with Crippen molar-refractivity contribution in [3.63, 3.8) is 0 Å². The number of hydrogen-bond donors (Lipinski definition) is 1. The number of amidine groups is 1. The lowest BCUT2D eigenvalue weighted by atomic mass is 10.1. The van der Waals surface area contributed by atoms with Crippen molar-refractivity contribution in [3.8, 4) is 5.75 Å². The van der Waals surface area contributed by atoms with E-state index in [0.29, 0.717) is 23.2 Å². The van der Waals surface area contributed by atoms with E-state index in [0.717, 1.165) is 39.2 Å². The summed E-state index contributed by atoms with van der Waals surface area (Å²) in [5.74, 6) is -0.273. The van der Waals surface area contributed by atoms with Gasteiger partial charge in [0.05, 0.1) is 19.7 Å². The second kappa shape index (κ2) is 12.9. The van der Waals surface area contributed by atoms with Crippen molar-refractivity contribution in [1.82, 2.24) is 4.90 Å². The molecule has 0 bridgehead atoms. The molecular formula is C31H30IN3O4S. The Morgan fingerprint density at radius 3 is 2.42 bits per heavy atom. The third-order valence-corrected chi connectivity index (χ3v) is 8.70. The smallest absolute Gasteiger partial charge is 0.335 e. The lowest BCUT2D eigenvalue weighted by molar-refractivity contribution is -0.122. The summed E-state index contributed by atoms with van der Waals surface area (Å²) in [6, 6.07) is 20.7. The molecule has 0 saturated carbocycles. The van der Waals surface area contributed by atoms with Crippen LogP contribution in [-0.2, 0) is 11.4 Å². The van der Waals surface area contributed by atoms with Gasteiger partial charge in [-0.1, -0.05) is 18.2 Å². The monoisotopic (exact) mass is 667 g/mol. The number of anilines is 1. The van der Waals surface area contributed by atoms with Crippen molar-refractivity contribution in [2.75, 3.05) is 24.5 Å². The number of nitrogens with zero attached hydrogens (tertiary/aromatic N) is 3. The number of carboxylic acid groups (broad SMARTS) is 1. The first-order chi connectivity index (χ1) is 19.4. The van der Waals surface area contributed by atoms with E-state index >= 15 is 0 Å². The quantitative estimate of drug-likeness (QED) is 0.203. The first-order valence-corrected chi connectivity index (χ1v) is 15.2. The summed E-state index contributed by atoms with van der Waals surface area (Å²) < 4.78 is 6.87. The molecule has 5 rings (SSSR count). The summed E-state index contributed by atoms with van der Waals surface area (Å²) in [6.07, 6.45) is 5.68. The molecule has 1 amide bonds. The molecule has 9 heteroatoms. The number of aliphatic imine (C=N–C) groups is 1. The molecule has 0 unspecified atom stereocenters. The number of piperidine rings is 1. The molecule has 0 aliphatic carbocycles. The Balaban J connectivity index is 1.26. The van der Waals surface area contributed by atoms with Crippen LogP contribution in [0.15, 0.2) is 76.6 Å². The molecule has 0 radical (unpaired) electrons. The predicted octanol–water partition coefficient (Wildman–Crippen LogP) is 7.18. The summed E-state index contributed by atoms with van der Waals surface area (Å²) in [6.45, 7) is 5.04. The molecule has 3 aromatic rings. The number of carbonyl (C=O) groups is 2. The van der Waals surface area contributed by atoms with Gasteiger partial charge in [-0.3, -0.25) is 9.69 Å². The fourth-order valence-corrected chi connectivity index (χ4v) is 6.41. The number of halogens is 1. The zero-order valence-electron chi connectivity index (χ0n) is 22.2. The molecule has 40 heavy (non-hydrogen) atoms. The van der Waals surface area contributed by atoms with E-state index < -0.39 is 5.97 Å². The Labute approximate surface area is 252 Å². The summed E-state index contributed by atoms with van der Waals surface area (Å²) in [7, 11) is 0. The van der Waals surface area contributed by atoms with Crippen molar-refractivity contribution in [2.24, 2.45) is 4.99 Å². The van der Waals surface area contributed by atoms with Crippen molar-refractivity contribution < 1.29 is 19.4 Å². The molecular weight excluding hydrogens is 637 g/mol. The van der Waals surface area contributed by atoms with Gasteiger partial charge < -0.3 is 14.7 Å². The maximum atomic E-state index is 13.2. The maximum Gasteiger partial charge on any atom is 0.335 e. The lowest BCUT2D eigenvalue weighted by Crippen LogP contribution is -2.29. The van der Waals surface area contributed by atoms with Crippen LogP contribution in [0, 0.1) is 3.57 Å². The van der Waals surface area contributed by atoms with Crippen molar-refractivity contribution in [1.29, 1.82) is 0 Å². The lowest BCUT2D eigenvalue weighted by Gasteiger charge is -2.28. The van der Waals surface area contributed by atoms with Crippen LogP contribution in [0.5, 0.6) is 5.75 Å². The average molecular weight is 668 g/mol. The van der Waals surface area contributed by atoms with Crippen molar-refractivity contribution >= 4 is 68.8 Å². The third kappa shape index (κ3) is 6.69. The van der Waals surface area contributed by atoms with Crippen molar-refractivity contribution in [3.05, 3.63) is 91.9 Å². The number of rotatable bonds is 8. The van der Waals surface area contributed by atoms with Gasteiger partial charge in [0, 0.05) is 25.3 Å². The first kappa shape index (κ1) is 28.2. The normalized spacial score (nSPS) is 17.6. The summed E-state index contributed by atoms with van der Waals surface area (Å²) in [5.41, 5.74) is 4.10. The van der Waals surface area contributed by atoms with Gasteiger partial charge in [0.25, 0.3) is 5.91 Å². The molecule has 2 heterocycles. The van der Waals surface area contributed by atoms with Crippen LogP contribution in [0.4, 0.5) is 11.4 Å². The second-order valence-electron chi connectivity index (χ2n) is 9.60. The van der Waals surface area contributed by atoms with Gasteiger partial charge >= 0.3 is 5.97 Å². The van der Waals surface area contributed by atoms with Gasteiger partial charge in [-0.15, -0.1) is 0 Å². The fourth-order valence-electron chi connectivity index (χ4n) is 4.65. The van der Waals surface area contributed by atoms with Crippen LogP contribution in [0.25, 0.3) is 6.08 Å². The number of amides is 1. The Kier molecular flexibility index (Phi) is 9.11. The summed E-state index contributed by atoms with van der Waals surface area (Å²) >= 11 is 3.62. The van der Waals surface area contributed by atoms with Gasteiger partial charge in [0.15, 0.2) is 5.17 Å². The standard InChI is InChI=1S/C31H30IN3O4S/c1-2-35-29(36)28(40-31(35)33-24-11-13-25(14-12-24)34-16-4-3-5-17-34)19-22-8-15-27(26(32)18-22)39-20-21-6-9-23(10-7-21)30(37)38/h6-15,18-19H,2-5,16-17,20H2,1H3,(H,37,38)/b28-19-,33-31?. The SMILES string of the molecule is CCN1C(=O)/C(=C/c2ccc(OCc3ccc(C(=O)O)cc3)c(I)c2)SC1=Nc1ccc(N2CCCCC2)cc1. The van der Waals surface area contributed by atoms with Crippen LogP contribution < -0.4 is 9.64 Å². The van der Waals surface area contributed by atoms with Crippen LogP contribution in [0.1, 0.15) is 47.7 Å². The van der Waals surface area contributed by atoms with E-state index in [1.54, 1.807) is 29.2 Å².